The zero-order valence-electron chi connectivity index (χ0n) is 16.2. The largest absolute Gasteiger partial charge is 0.356 e. The summed E-state index contributed by atoms with van der Waals surface area (Å²) in [5.41, 5.74) is 2.98. The monoisotopic (exact) mass is 457 g/mol. The molecule has 152 valence electrons. The molecule has 4 N–H and O–H groups in total. The topological polar surface area (TPSA) is 98.9 Å². The van der Waals surface area contributed by atoms with E-state index >= 15 is 0 Å². The first kappa shape index (κ1) is 21.0. The maximum Gasteiger partial charge on any atom is 0.239 e. The van der Waals surface area contributed by atoms with Gasteiger partial charge in [-0.15, -0.1) is 0 Å². The molecular weight excluding hydrogens is 434 g/mol. The third kappa shape index (κ3) is 6.13. The van der Waals surface area contributed by atoms with Gasteiger partial charge in [0.1, 0.15) is 0 Å². The van der Waals surface area contributed by atoms with Crippen molar-refractivity contribution in [2.75, 3.05) is 19.6 Å². The van der Waals surface area contributed by atoms with E-state index in [9.17, 15) is 9.59 Å². The van der Waals surface area contributed by atoms with Crippen LogP contribution in [0, 0.1) is 0 Å². The number of H-pyrrole nitrogens is 1. The third-order valence-corrected chi connectivity index (χ3v) is 5.21. The lowest BCUT2D eigenvalue weighted by Crippen LogP contribution is -2.41. The summed E-state index contributed by atoms with van der Waals surface area (Å²) in [5.74, 6) is -0.147. The SMILES string of the molecule is CC(CNCC(=O)NCC(=O)NCc1cc2c(Br)cncc2[nH]1)c1ccccc1. The molecule has 0 saturated heterocycles. The van der Waals surface area contributed by atoms with Gasteiger partial charge >= 0.3 is 0 Å². The second-order valence-corrected chi connectivity index (χ2v) is 7.73. The molecule has 0 aliphatic heterocycles. The van der Waals surface area contributed by atoms with Gasteiger partial charge in [-0.1, -0.05) is 37.3 Å². The third-order valence-electron chi connectivity index (χ3n) is 4.58. The van der Waals surface area contributed by atoms with Gasteiger partial charge in [-0.3, -0.25) is 14.6 Å². The van der Waals surface area contributed by atoms with Gasteiger partial charge in [-0.05, 0) is 33.5 Å². The van der Waals surface area contributed by atoms with Crippen molar-refractivity contribution in [3.8, 4) is 0 Å². The van der Waals surface area contributed by atoms with Crippen LogP contribution in [0.15, 0.2) is 53.3 Å². The van der Waals surface area contributed by atoms with E-state index in [0.29, 0.717) is 19.0 Å². The zero-order chi connectivity index (χ0) is 20.6. The molecule has 0 aliphatic carbocycles. The summed E-state index contributed by atoms with van der Waals surface area (Å²) in [7, 11) is 0. The number of fused-ring (bicyclic) bond motifs is 1. The normalized spacial score (nSPS) is 11.9. The number of aromatic nitrogens is 2. The standard InChI is InChI=1S/C21H24BrN5O2/c1-14(15-5-3-2-4-6-15)8-23-12-20(28)26-13-21(29)25-9-16-7-17-18(22)10-24-11-19(17)27-16/h2-7,10-11,14,23,27H,8-9,12-13H2,1H3,(H,25,29)(H,26,28). The first-order valence-electron chi connectivity index (χ1n) is 9.43. The van der Waals surface area contributed by atoms with Crippen LogP contribution < -0.4 is 16.0 Å². The number of halogens is 1. The maximum atomic E-state index is 12.0. The van der Waals surface area contributed by atoms with Gasteiger partial charge in [-0.25, -0.2) is 0 Å². The smallest absolute Gasteiger partial charge is 0.239 e. The van der Waals surface area contributed by atoms with Crippen molar-refractivity contribution < 1.29 is 9.59 Å². The van der Waals surface area contributed by atoms with Crippen LogP contribution in [0.4, 0.5) is 0 Å². The Labute approximate surface area is 177 Å². The summed E-state index contributed by atoms with van der Waals surface area (Å²) in [4.78, 5) is 31.2. The lowest BCUT2D eigenvalue weighted by atomic mass is 10.0. The van der Waals surface area contributed by atoms with Crippen molar-refractivity contribution >= 4 is 38.6 Å². The molecule has 1 unspecified atom stereocenters. The number of carbonyl (C=O) groups is 2. The number of amides is 2. The predicted molar refractivity (Wildman–Crippen MR) is 116 cm³/mol. The Bertz CT molecular complexity index is 974. The summed E-state index contributed by atoms with van der Waals surface area (Å²) < 4.78 is 0.894. The highest BCUT2D eigenvalue weighted by Crippen LogP contribution is 2.23. The summed E-state index contributed by atoms with van der Waals surface area (Å²) in [5, 5.41) is 9.55. The first-order valence-corrected chi connectivity index (χ1v) is 10.2. The van der Waals surface area contributed by atoms with Crippen molar-refractivity contribution in [1.29, 1.82) is 0 Å². The zero-order valence-corrected chi connectivity index (χ0v) is 17.8. The van der Waals surface area contributed by atoms with Crippen molar-refractivity contribution in [2.45, 2.75) is 19.4 Å². The fraction of sp³-hybridized carbons (Fsp3) is 0.286. The number of hydrogen-bond acceptors (Lipinski definition) is 4. The molecule has 7 nitrogen and oxygen atoms in total. The molecule has 8 heteroatoms. The summed E-state index contributed by atoms with van der Waals surface area (Å²) in [6.45, 7) is 3.26. The van der Waals surface area contributed by atoms with Crippen LogP contribution in [0.2, 0.25) is 0 Å². The Kier molecular flexibility index (Phi) is 7.37. The molecule has 2 amide bonds. The average Bonchev–Trinajstić information content (AvgIpc) is 3.16. The van der Waals surface area contributed by atoms with Crippen LogP contribution in [0.1, 0.15) is 24.1 Å². The Morgan fingerprint density at radius 2 is 1.86 bits per heavy atom. The van der Waals surface area contributed by atoms with E-state index in [4.69, 9.17) is 0 Å². The van der Waals surface area contributed by atoms with E-state index in [0.717, 1.165) is 21.1 Å². The molecule has 1 aromatic carbocycles. The molecule has 3 aromatic rings. The van der Waals surface area contributed by atoms with Gasteiger partial charge in [-0.2, -0.15) is 0 Å². The van der Waals surface area contributed by atoms with Crippen LogP contribution in [0.25, 0.3) is 10.9 Å². The minimum atomic E-state index is -0.244. The molecule has 2 aromatic heterocycles. The average molecular weight is 458 g/mol. The number of hydrogen-bond donors (Lipinski definition) is 4. The summed E-state index contributed by atoms with van der Waals surface area (Å²) in [6.07, 6.45) is 3.46. The number of benzene rings is 1. The van der Waals surface area contributed by atoms with Crippen LogP contribution in [0.5, 0.6) is 0 Å². The second kappa shape index (κ2) is 10.2. The molecule has 0 radical (unpaired) electrons. The first-order chi connectivity index (χ1) is 14.0. The van der Waals surface area contributed by atoms with E-state index < -0.39 is 0 Å². The molecule has 0 fully saturated rings. The van der Waals surface area contributed by atoms with Crippen LogP contribution in [-0.4, -0.2) is 41.4 Å². The quantitative estimate of drug-likeness (QED) is 0.396. The number of carbonyl (C=O) groups excluding carboxylic acids is 2. The van der Waals surface area contributed by atoms with Crippen molar-refractivity contribution in [3.05, 3.63) is 64.5 Å². The van der Waals surface area contributed by atoms with Gasteiger partial charge in [0.25, 0.3) is 0 Å². The van der Waals surface area contributed by atoms with E-state index in [1.54, 1.807) is 12.4 Å². The van der Waals surface area contributed by atoms with Crippen molar-refractivity contribution in [2.24, 2.45) is 0 Å². The highest BCUT2D eigenvalue weighted by molar-refractivity contribution is 9.10. The summed E-state index contributed by atoms with van der Waals surface area (Å²) >= 11 is 3.45. The number of nitrogens with one attached hydrogen (secondary N) is 4. The van der Waals surface area contributed by atoms with Gasteiger partial charge in [0, 0.05) is 28.3 Å². The van der Waals surface area contributed by atoms with E-state index in [2.05, 4.69) is 60.9 Å². The number of rotatable bonds is 9. The van der Waals surface area contributed by atoms with Crippen molar-refractivity contribution in [1.82, 2.24) is 25.9 Å². The highest BCUT2D eigenvalue weighted by Gasteiger charge is 2.09. The second-order valence-electron chi connectivity index (χ2n) is 6.87. The summed E-state index contributed by atoms with van der Waals surface area (Å²) in [6, 6.07) is 12.1. The molecule has 0 saturated carbocycles. The van der Waals surface area contributed by atoms with Crippen LogP contribution in [0.3, 0.4) is 0 Å². The molecule has 1 atom stereocenters. The van der Waals surface area contributed by atoms with Gasteiger partial charge in [0.2, 0.25) is 11.8 Å². The number of pyridine rings is 1. The lowest BCUT2D eigenvalue weighted by molar-refractivity contribution is -0.125. The maximum absolute atomic E-state index is 12.0. The molecule has 0 bridgehead atoms. The Morgan fingerprint density at radius 3 is 2.62 bits per heavy atom. The van der Waals surface area contributed by atoms with Gasteiger partial charge < -0.3 is 20.9 Å². The van der Waals surface area contributed by atoms with Gasteiger partial charge in [0.05, 0.1) is 31.3 Å². The molecule has 0 aliphatic rings. The minimum Gasteiger partial charge on any atom is -0.356 e. The van der Waals surface area contributed by atoms with Gasteiger partial charge in [0.15, 0.2) is 0 Å². The number of nitrogens with zero attached hydrogens (tertiary/aromatic N) is 1. The lowest BCUT2D eigenvalue weighted by Gasteiger charge is -2.13. The van der Waals surface area contributed by atoms with Crippen molar-refractivity contribution in [3.63, 3.8) is 0 Å². The fourth-order valence-corrected chi connectivity index (χ4v) is 3.42. The molecule has 3 rings (SSSR count). The Balaban J connectivity index is 1.34. The number of aromatic amines is 1. The molecule has 0 spiro atoms. The molecular formula is C21H24BrN5O2. The van der Waals surface area contributed by atoms with Crippen LogP contribution in [-0.2, 0) is 16.1 Å². The molecule has 29 heavy (non-hydrogen) atoms. The highest BCUT2D eigenvalue weighted by atomic mass is 79.9. The van der Waals surface area contributed by atoms with E-state index in [1.807, 2.05) is 24.3 Å². The Hall–Kier alpha value is -2.71. The minimum absolute atomic E-state index is 0.0553. The van der Waals surface area contributed by atoms with E-state index in [1.165, 1.54) is 5.56 Å². The fourth-order valence-electron chi connectivity index (χ4n) is 2.97. The Morgan fingerprint density at radius 1 is 1.10 bits per heavy atom. The van der Waals surface area contributed by atoms with E-state index in [-0.39, 0.29) is 24.9 Å². The molecule has 2 heterocycles. The predicted octanol–water partition coefficient (Wildman–Crippen LogP) is 2.45. The van der Waals surface area contributed by atoms with Crippen LogP contribution >= 0.6 is 15.9 Å².